The fourth-order valence-electron chi connectivity index (χ4n) is 3.59. The molecule has 218 valence electrons. The van der Waals surface area contributed by atoms with Crippen molar-refractivity contribution in [1.82, 2.24) is 20.9 Å². The first-order valence-corrected chi connectivity index (χ1v) is 14.5. The number of aromatic nitrogens is 1. The predicted molar refractivity (Wildman–Crippen MR) is 165 cm³/mol. The van der Waals surface area contributed by atoms with Crippen LogP contribution in [0.5, 0.6) is 0 Å². The lowest BCUT2D eigenvalue weighted by Crippen LogP contribution is -2.50. The molecular formula is C33H48N4O3. The number of amides is 3. The molecule has 7 nitrogen and oxygen atoms in total. The molecule has 7 heteroatoms. The highest BCUT2D eigenvalue weighted by molar-refractivity contribution is 5.97. The Labute approximate surface area is 241 Å². The second-order valence-electron chi connectivity index (χ2n) is 9.68. The third kappa shape index (κ3) is 17.7. The van der Waals surface area contributed by atoms with Gasteiger partial charge in [0.05, 0.1) is 5.56 Å². The Morgan fingerprint density at radius 3 is 1.95 bits per heavy atom. The summed E-state index contributed by atoms with van der Waals surface area (Å²) in [6.07, 6.45) is 31.7. The van der Waals surface area contributed by atoms with E-state index in [0.717, 1.165) is 44.9 Å². The summed E-state index contributed by atoms with van der Waals surface area (Å²) >= 11 is 0. The van der Waals surface area contributed by atoms with E-state index in [0.29, 0.717) is 25.1 Å². The maximum absolute atomic E-state index is 12.6. The van der Waals surface area contributed by atoms with Crippen molar-refractivity contribution in [3.8, 4) is 0 Å². The summed E-state index contributed by atoms with van der Waals surface area (Å²) in [5.74, 6) is -0.749. The van der Waals surface area contributed by atoms with E-state index < -0.39 is 6.04 Å². The van der Waals surface area contributed by atoms with Crippen LogP contribution in [-0.2, 0) is 9.59 Å². The molecule has 1 aromatic rings. The molecule has 3 amide bonds. The van der Waals surface area contributed by atoms with Crippen molar-refractivity contribution in [3.63, 3.8) is 0 Å². The number of hydrogen-bond acceptors (Lipinski definition) is 4. The molecule has 3 N–H and O–H groups in total. The topological polar surface area (TPSA) is 100 Å². The van der Waals surface area contributed by atoms with Gasteiger partial charge in [-0.3, -0.25) is 19.4 Å². The summed E-state index contributed by atoms with van der Waals surface area (Å²) in [5, 5.41) is 8.38. The van der Waals surface area contributed by atoms with Gasteiger partial charge in [-0.25, -0.2) is 0 Å². The Hall–Kier alpha value is -3.74. The maximum Gasteiger partial charge on any atom is 0.253 e. The van der Waals surface area contributed by atoms with Crippen molar-refractivity contribution in [2.45, 2.75) is 78.2 Å². The fraction of sp³-hybridized carbons (Fsp3) is 0.455. The van der Waals surface area contributed by atoms with E-state index >= 15 is 0 Å². The second-order valence-corrected chi connectivity index (χ2v) is 9.68. The van der Waals surface area contributed by atoms with Crippen molar-refractivity contribution in [1.29, 1.82) is 0 Å². The van der Waals surface area contributed by atoms with E-state index in [1.807, 2.05) is 13.8 Å². The number of rotatable bonds is 20. The summed E-state index contributed by atoms with van der Waals surface area (Å²) in [6, 6.07) is 2.65. The molecule has 1 atom stereocenters. The van der Waals surface area contributed by atoms with Crippen LogP contribution in [0.2, 0.25) is 0 Å². The molecular weight excluding hydrogens is 500 g/mol. The molecule has 0 aliphatic rings. The summed E-state index contributed by atoms with van der Waals surface area (Å²) in [4.78, 5) is 40.9. The van der Waals surface area contributed by atoms with Gasteiger partial charge in [0.1, 0.15) is 6.04 Å². The lowest BCUT2D eigenvalue weighted by atomic mass is 10.0. The number of nitrogens with zero attached hydrogens (tertiary/aromatic N) is 1. The first-order valence-electron chi connectivity index (χ1n) is 14.5. The zero-order chi connectivity index (χ0) is 29.3. The Balaban J connectivity index is 2.10. The van der Waals surface area contributed by atoms with Crippen molar-refractivity contribution < 1.29 is 14.4 Å². The minimum absolute atomic E-state index is 0.0353. The van der Waals surface area contributed by atoms with E-state index in [9.17, 15) is 14.4 Å². The van der Waals surface area contributed by atoms with E-state index in [4.69, 9.17) is 0 Å². The molecule has 0 aliphatic heterocycles. The molecule has 1 heterocycles. The zero-order valence-corrected chi connectivity index (χ0v) is 24.5. The van der Waals surface area contributed by atoms with Crippen LogP contribution in [-0.4, -0.2) is 41.8 Å². The zero-order valence-electron chi connectivity index (χ0n) is 24.5. The van der Waals surface area contributed by atoms with Gasteiger partial charge in [0, 0.05) is 31.9 Å². The normalized spacial score (nSPS) is 12.8. The molecule has 40 heavy (non-hydrogen) atoms. The average Bonchev–Trinajstić information content (AvgIpc) is 2.95. The SMILES string of the molecule is CC/C=C\C/C=C\C/C=C\C/C=C\C/C=C\CCCC(=O)NCCNC(=O)[C@@H](NC(=O)c1cccnc1)C(C)C. The highest BCUT2D eigenvalue weighted by Crippen LogP contribution is 2.05. The van der Waals surface area contributed by atoms with Crippen LogP contribution >= 0.6 is 0 Å². The lowest BCUT2D eigenvalue weighted by Gasteiger charge is -2.21. The minimum atomic E-state index is -0.674. The predicted octanol–water partition coefficient (Wildman–Crippen LogP) is 5.99. The number of allylic oxidation sites excluding steroid dienone is 10. The van der Waals surface area contributed by atoms with Gasteiger partial charge in [0.15, 0.2) is 0 Å². The van der Waals surface area contributed by atoms with Gasteiger partial charge >= 0.3 is 0 Å². The monoisotopic (exact) mass is 548 g/mol. The molecule has 0 aromatic carbocycles. The molecule has 0 spiro atoms. The van der Waals surface area contributed by atoms with E-state index in [-0.39, 0.29) is 23.6 Å². The third-order valence-electron chi connectivity index (χ3n) is 5.84. The van der Waals surface area contributed by atoms with Crippen LogP contribution < -0.4 is 16.0 Å². The Morgan fingerprint density at radius 1 is 0.825 bits per heavy atom. The fourth-order valence-corrected chi connectivity index (χ4v) is 3.59. The summed E-state index contributed by atoms with van der Waals surface area (Å²) in [7, 11) is 0. The molecule has 0 saturated carbocycles. The first kappa shape index (κ1) is 34.3. The smallest absolute Gasteiger partial charge is 0.253 e. The van der Waals surface area contributed by atoms with Gasteiger partial charge in [-0.15, -0.1) is 0 Å². The van der Waals surface area contributed by atoms with Crippen molar-refractivity contribution >= 4 is 17.7 Å². The first-order chi connectivity index (χ1) is 19.5. The molecule has 0 aliphatic carbocycles. The Morgan fingerprint density at radius 2 is 1.40 bits per heavy atom. The molecule has 1 aromatic heterocycles. The molecule has 1 rings (SSSR count). The number of nitrogens with one attached hydrogen (secondary N) is 3. The van der Waals surface area contributed by atoms with Crippen molar-refractivity contribution in [3.05, 3.63) is 90.9 Å². The molecule has 0 fully saturated rings. The second kappa shape index (κ2) is 23.2. The van der Waals surface area contributed by atoms with E-state index in [1.165, 1.54) is 6.20 Å². The van der Waals surface area contributed by atoms with Gasteiger partial charge in [0.2, 0.25) is 11.8 Å². The number of carbonyl (C=O) groups is 3. The molecule has 0 radical (unpaired) electrons. The van der Waals surface area contributed by atoms with E-state index in [1.54, 1.807) is 18.3 Å². The Bertz CT molecular complexity index is 994. The van der Waals surface area contributed by atoms with Gasteiger partial charge in [0.25, 0.3) is 5.91 Å². The average molecular weight is 549 g/mol. The molecule has 0 unspecified atom stereocenters. The Kier molecular flexibility index (Phi) is 19.9. The maximum atomic E-state index is 12.6. The van der Waals surface area contributed by atoms with Crippen LogP contribution in [0.4, 0.5) is 0 Å². The third-order valence-corrected chi connectivity index (χ3v) is 5.84. The summed E-state index contributed by atoms with van der Waals surface area (Å²) in [6.45, 7) is 6.52. The number of unbranched alkanes of at least 4 members (excludes halogenated alkanes) is 1. The number of hydrogen-bond donors (Lipinski definition) is 3. The highest BCUT2D eigenvalue weighted by Gasteiger charge is 2.24. The minimum Gasteiger partial charge on any atom is -0.354 e. The molecule has 0 bridgehead atoms. The van der Waals surface area contributed by atoms with Crippen LogP contribution in [0.25, 0.3) is 0 Å². The number of pyridine rings is 1. The number of carbonyl (C=O) groups excluding carboxylic acids is 3. The van der Waals surface area contributed by atoms with Crippen molar-refractivity contribution in [2.75, 3.05) is 13.1 Å². The summed E-state index contributed by atoms with van der Waals surface area (Å²) in [5.41, 5.74) is 0.401. The highest BCUT2D eigenvalue weighted by atomic mass is 16.2. The van der Waals surface area contributed by atoms with Crippen LogP contribution in [0, 0.1) is 5.92 Å². The standard InChI is InChI=1S/C33H48N4O3/c1-4-5-6-7-8-9-10-11-12-13-14-15-16-17-18-19-20-23-30(38)35-25-26-36-33(40)31(28(2)3)37-32(39)29-22-21-24-34-27-29/h5-6,8-9,11-12,14-15,17-18,21-22,24,27-28,31H,4,7,10,13,16,19-20,23,25-26H2,1-3H3,(H,35,38)(H,36,40)(H,37,39)/b6-5-,9-8-,12-11-,15-14-,18-17-/t31-/m0/s1. The quantitative estimate of drug-likeness (QED) is 0.138. The van der Waals surface area contributed by atoms with E-state index in [2.05, 4.69) is 88.6 Å². The lowest BCUT2D eigenvalue weighted by molar-refractivity contribution is -0.124. The van der Waals surface area contributed by atoms with Gasteiger partial charge in [-0.2, -0.15) is 0 Å². The summed E-state index contributed by atoms with van der Waals surface area (Å²) < 4.78 is 0. The van der Waals surface area contributed by atoms with Crippen LogP contribution in [0.3, 0.4) is 0 Å². The molecule has 0 saturated heterocycles. The van der Waals surface area contributed by atoms with Gasteiger partial charge < -0.3 is 16.0 Å². The van der Waals surface area contributed by atoms with Crippen LogP contribution in [0.1, 0.15) is 82.5 Å². The van der Waals surface area contributed by atoms with Gasteiger partial charge in [-0.05, 0) is 63.0 Å². The van der Waals surface area contributed by atoms with Crippen molar-refractivity contribution in [2.24, 2.45) is 5.92 Å². The largest absolute Gasteiger partial charge is 0.354 e. The van der Waals surface area contributed by atoms with Gasteiger partial charge in [-0.1, -0.05) is 81.5 Å². The van der Waals surface area contributed by atoms with Crippen LogP contribution in [0.15, 0.2) is 85.3 Å².